The quantitative estimate of drug-likeness (QED) is 0.814. The molecule has 4 heteroatoms. The van der Waals surface area contributed by atoms with Gasteiger partial charge < -0.3 is 10.1 Å². The van der Waals surface area contributed by atoms with Crippen molar-refractivity contribution in [3.8, 4) is 5.75 Å². The predicted octanol–water partition coefficient (Wildman–Crippen LogP) is 2.44. The summed E-state index contributed by atoms with van der Waals surface area (Å²) in [5.41, 5.74) is 1.09. The van der Waals surface area contributed by atoms with E-state index in [2.05, 4.69) is 5.32 Å². The number of ether oxygens (including phenoxy) is 1. The van der Waals surface area contributed by atoms with Crippen LogP contribution < -0.4 is 10.1 Å². The number of alkyl halides is 2. The zero-order valence-corrected chi connectivity index (χ0v) is 8.89. The molecule has 0 heterocycles. The first-order valence-corrected chi connectivity index (χ1v) is 4.75. The standard InChI is InChI=1S/C11H15F2NO/c1-11(12,13)8-15-10-5-3-9(4-6-10)7-14-2/h3-6,14H,7-8H2,1-2H3. The van der Waals surface area contributed by atoms with E-state index in [0.29, 0.717) is 5.75 Å². The summed E-state index contributed by atoms with van der Waals surface area (Å²) in [7, 11) is 1.85. The fraction of sp³-hybridized carbons (Fsp3) is 0.455. The fourth-order valence-electron chi connectivity index (χ4n) is 1.12. The van der Waals surface area contributed by atoms with Gasteiger partial charge in [-0.05, 0) is 24.7 Å². The molecule has 0 radical (unpaired) electrons. The highest BCUT2D eigenvalue weighted by molar-refractivity contribution is 5.27. The average molecular weight is 215 g/mol. The van der Waals surface area contributed by atoms with E-state index in [-0.39, 0.29) is 0 Å². The first kappa shape index (κ1) is 11.9. The lowest BCUT2D eigenvalue weighted by molar-refractivity contribution is -0.0229. The van der Waals surface area contributed by atoms with Crippen LogP contribution in [0.2, 0.25) is 0 Å². The van der Waals surface area contributed by atoms with Gasteiger partial charge in [-0.1, -0.05) is 12.1 Å². The molecule has 0 spiro atoms. The van der Waals surface area contributed by atoms with E-state index in [9.17, 15) is 8.78 Å². The van der Waals surface area contributed by atoms with Crippen molar-refractivity contribution in [3.05, 3.63) is 29.8 Å². The van der Waals surface area contributed by atoms with Gasteiger partial charge in [0.2, 0.25) is 0 Å². The Hall–Kier alpha value is -1.16. The van der Waals surface area contributed by atoms with Gasteiger partial charge in [0, 0.05) is 13.5 Å². The molecule has 15 heavy (non-hydrogen) atoms. The van der Waals surface area contributed by atoms with Crippen molar-refractivity contribution in [1.82, 2.24) is 5.32 Å². The number of benzene rings is 1. The van der Waals surface area contributed by atoms with Gasteiger partial charge in [0.05, 0.1) is 0 Å². The molecule has 0 saturated heterocycles. The number of nitrogens with one attached hydrogen (secondary N) is 1. The molecule has 0 amide bonds. The Kier molecular flexibility index (Phi) is 4.03. The van der Waals surface area contributed by atoms with Crippen molar-refractivity contribution in [2.24, 2.45) is 0 Å². The Morgan fingerprint density at radius 3 is 2.33 bits per heavy atom. The van der Waals surface area contributed by atoms with Gasteiger partial charge in [0.25, 0.3) is 5.92 Å². The summed E-state index contributed by atoms with van der Waals surface area (Å²) < 4.78 is 29.9. The smallest absolute Gasteiger partial charge is 0.278 e. The second-order valence-electron chi connectivity index (χ2n) is 3.53. The summed E-state index contributed by atoms with van der Waals surface area (Å²) in [4.78, 5) is 0. The Labute approximate surface area is 88.3 Å². The maximum atomic E-state index is 12.5. The van der Waals surface area contributed by atoms with Crippen molar-refractivity contribution in [2.75, 3.05) is 13.7 Å². The fourth-order valence-corrected chi connectivity index (χ4v) is 1.12. The highest BCUT2D eigenvalue weighted by Crippen LogP contribution is 2.17. The lowest BCUT2D eigenvalue weighted by atomic mass is 10.2. The second kappa shape index (κ2) is 5.07. The third-order valence-corrected chi connectivity index (χ3v) is 1.80. The van der Waals surface area contributed by atoms with E-state index in [1.54, 1.807) is 12.1 Å². The molecule has 0 unspecified atom stereocenters. The monoisotopic (exact) mass is 215 g/mol. The van der Waals surface area contributed by atoms with Crippen LogP contribution in [0.15, 0.2) is 24.3 Å². The molecule has 0 aliphatic rings. The van der Waals surface area contributed by atoms with E-state index in [1.807, 2.05) is 19.2 Å². The molecule has 1 aromatic carbocycles. The summed E-state index contributed by atoms with van der Waals surface area (Å²) in [6.07, 6.45) is 0. The Balaban J connectivity index is 2.50. The highest BCUT2D eigenvalue weighted by Gasteiger charge is 2.21. The lowest BCUT2D eigenvalue weighted by Gasteiger charge is -2.12. The van der Waals surface area contributed by atoms with Crippen LogP contribution in [0.4, 0.5) is 8.78 Å². The van der Waals surface area contributed by atoms with Crippen LogP contribution in [0.25, 0.3) is 0 Å². The molecule has 0 atom stereocenters. The van der Waals surface area contributed by atoms with Crippen LogP contribution in [-0.4, -0.2) is 19.6 Å². The lowest BCUT2D eigenvalue weighted by Crippen LogP contribution is -2.20. The molecule has 0 saturated carbocycles. The first-order valence-electron chi connectivity index (χ1n) is 4.75. The zero-order valence-electron chi connectivity index (χ0n) is 8.89. The number of hydrogen-bond acceptors (Lipinski definition) is 2. The van der Waals surface area contributed by atoms with E-state index < -0.39 is 12.5 Å². The molecule has 0 bridgehead atoms. The molecular formula is C11H15F2NO. The summed E-state index contributed by atoms with van der Waals surface area (Å²) >= 11 is 0. The van der Waals surface area contributed by atoms with Gasteiger partial charge in [0.15, 0.2) is 6.61 Å². The number of hydrogen-bond donors (Lipinski definition) is 1. The Morgan fingerprint density at radius 2 is 1.87 bits per heavy atom. The molecule has 0 aromatic heterocycles. The van der Waals surface area contributed by atoms with E-state index in [4.69, 9.17) is 4.74 Å². The Bertz CT molecular complexity index is 292. The SMILES string of the molecule is CNCc1ccc(OCC(C)(F)F)cc1. The molecule has 1 aromatic rings. The van der Waals surface area contributed by atoms with Crippen molar-refractivity contribution >= 4 is 0 Å². The normalized spacial score (nSPS) is 11.5. The van der Waals surface area contributed by atoms with Crippen molar-refractivity contribution < 1.29 is 13.5 Å². The molecule has 2 nitrogen and oxygen atoms in total. The van der Waals surface area contributed by atoms with Crippen LogP contribution in [0.5, 0.6) is 5.75 Å². The van der Waals surface area contributed by atoms with E-state index >= 15 is 0 Å². The predicted molar refractivity (Wildman–Crippen MR) is 55.3 cm³/mol. The summed E-state index contributed by atoms with van der Waals surface area (Å²) in [5.74, 6) is -2.32. The van der Waals surface area contributed by atoms with Gasteiger partial charge in [-0.2, -0.15) is 0 Å². The minimum absolute atomic E-state index is 0.469. The van der Waals surface area contributed by atoms with Crippen molar-refractivity contribution in [3.63, 3.8) is 0 Å². The molecule has 1 N–H and O–H groups in total. The second-order valence-corrected chi connectivity index (χ2v) is 3.53. The van der Waals surface area contributed by atoms with Crippen molar-refractivity contribution in [1.29, 1.82) is 0 Å². The number of halogens is 2. The van der Waals surface area contributed by atoms with E-state index in [1.165, 1.54) is 0 Å². The maximum Gasteiger partial charge on any atom is 0.278 e. The first-order chi connectivity index (χ1) is 7.01. The zero-order chi connectivity index (χ0) is 11.3. The molecule has 1 rings (SSSR count). The molecule has 0 aliphatic heterocycles. The van der Waals surface area contributed by atoms with Crippen LogP contribution >= 0.6 is 0 Å². The molecule has 0 aliphatic carbocycles. The molecule has 84 valence electrons. The third-order valence-electron chi connectivity index (χ3n) is 1.80. The van der Waals surface area contributed by atoms with Gasteiger partial charge in [-0.3, -0.25) is 0 Å². The average Bonchev–Trinajstić information content (AvgIpc) is 2.16. The molecular weight excluding hydrogens is 200 g/mol. The van der Waals surface area contributed by atoms with E-state index in [0.717, 1.165) is 19.0 Å². The van der Waals surface area contributed by atoms with Crippen LogP contribution in [0, 0.1) is 0 Å². The van der Waals surface area contributed by atoms with Crippen LogP contribution in [0.1, 0.15) is 12.5 Å². The van der Waals surface area contributed by atoms with Gasteiger partial charge in [-0.25, -0.2) is 8.78 Å². The minimum atomic E-state index is -2.79. The minimum Gasteiger partial charge on any atom is -0.487 e. The molecule has 0 fully saturated rings. The van der Waals surface area contributed by atoms with Gasteiger partial charge in [0.1, 0.15) is 5.75 Å². The van der Waals surface area contributed by atoms with Crippen LogP contribution in [-0.2, 0) is 6.54 Å². The summed E-state index contributed by atoms with van der Waals surface area (Å²) in [6.45, 7) is 1.00. The largest absolute Gasteiger partial charge is 0.487 e. The maximum absolute atomic E-state index is 12.5. The van der Waals surface area contributed by atoms with Crippen LogP contribution in [0.3, 0.4) is 0 Å². The highest BCUT2D eigenvalue weighted by atomic mass is 19.3. The van der Waals surface area contributed by atoms with Gasteiger partial charge >= 0.3 is 0 Å². The van der Waals surface area contributed by atoms with Crippen molar-refractivity contribution in [2.45, 2.75) is 19.4 Å². The third kappa shape index (κ3) is 4.74. The number of rotatable bonds is 5. The summed E-state index contributed by atoms with van der Waals surface area (Å²) in [5, 5.41) is 3.00. The van der Waals surface area contributed by atoms with Gasteiger partial charge in [-0.15, -0.1) is 0 Å². The summed E-state index contributed by atoms with van der Waals surface area (Å²) in [6, 6.07) is 7.08. The Morgan fingerprint density at radius 1 is 1.27 bits per heavy atom. The topological polar surface area (TPSA) is 21.3 Å².